The lowest BCUT2D eigenvalue weighted by molar-refractivity contribution is 0.524. The smallest absolute Gasteiger partial charge is 0.122 e. The van der Waals surface area contributed by atoms with E-state index in [0.717, 1.165) is 21.8 Å². The first-order valence-electron chi connectivity index (χ1n) is 10.6. The molecule has 0 radical (unpaired) electrons. The molecular formula is C28H21N3. The average Bonchev–Trinajstić information content (AvgIpc) is 3.27. The summed E-state index contributed by atoms with van der Waals surface area (Å²) in [5, 5.41) is 14.9. The molecule has 3 heteroatoms. The molecule has 1 atom stereocenters. The molecule has 31 heavy (non-hydrogen) atoms. The van der Waals surface area contributed by atoms with E-state index in [9.17, 15) is 0 Å². The summed E-state index contributed by atoms with van der Waals surface area (Å²) in [7, 11) is 0. The Labute approximate surface area is 180 Å². The molecule has 6 rings (SSSR count). The molecule has 1 heterocycles. The van der Waals surface area contributed by atoms with Gasteiger partial charge in [-0.25, -0.2) is 0 Å². The second-order valence-corrected chi connectivity index (χ2v) is 7.98. The Morgan fingerprint density at radius 2 is 1.03 bits per heavy atom. The van der Waals surface area contributed by atoms with Crippen molar-refractivity contribution in [2.45, 2.75) is 13.0 Å². The molecule has 5 aromatic carbocycles. The van der Waals surface area contributed by atoms with E-state index < -0.39 is 0 Å². The summed E-state index contributed by atoms with van der Waals surface area (Å²) in [5.41, 5.74) is 5.51. The number of aromatic nitrogens is 3. The van der Waals surface area contributed by atoms with Crippen molar-refractivity contribution in [3.63, 3.8) is 0 Å². The lowest BCUT2D eigenvalue weighted by Gasteiger charge is -2.19. The number of nitrogens with zero attached hydrogens (tertiary/aromatic N) is 3. The summed E-state index contributed by atoms with van der Waals surface area (Å²) in [4.78, 5) is 1.90. The lowest BCUT2D eigenvalue weighted by Crippen LogP contribution is -2.16. The van der Waals surface area contributed by atoms with Gasteiger partial charge < -0.3 is 0 Å². The zero-order valence-corrected chi connectivity index (χ0v) is 17.2. The fourth-order valence-corrected chi connectivity index (χ4v) is 4.62. The van der Waals surface area contributed by atoms with E-state index >= 15 is 0 Å². The van der Waals surface area contributed by atoms with Gasteiger partial charge >= 0.3 is 0 Å². The zero-order valence-electron chi connectivity index (χ0n) is 17.2. The van der Waals surface area contributed by atoms with E-state index in [-0.39, 0.29) is 6.04 Å². The highest BCUT2D eigenvalue weighted by Gasteiger charge is 2.22. The van der Waals surface area contributed by atoms with Gasteiger partial charge in [-0.15, -0.1) is 0 Å². The van der Waals surface area contributed by atoms with Crippen LogP contribution in [-0.2, 0) is 0 Å². The molecule has 1 aromatic heterocycles. The molecule has 0 aliphatic carbocycles. The van der Waals surface area contributed by atoms with E-state index in [0.29, 0.717) is 0 Å². The highest BCUT2D eigenvalue weighted by atomic mass is 15.5. The van der Waals surface area contributed by atoms with Gasteiger partial charge in [-0.2, -0.15) is 15.0 Å². The number of hydrogen-bond acceptors (Lipinski definition) is 2. The van der Waals surface area contributed by atoms with Crippen molar-refractivity contribution in [1.82, 2.24) is 15.0 Å². The molecule has 0 saturated heterocycles. The summed E-state index contributed by atoms with van der Waals surface area (Å²) >= 11 is 0. The fourth-order valence-electron chi connectivity index (χ4n) is 4.62. The van der Waals surface area contributed by atoms with Crippen LogP contribution in [0.25, 0.3) is 32.6 Å². The number of hydrogen-bond donors (Lipinski definition) is 0. The number of fused-ring (bicyclic) bond motifs is 6. The highest BCUT2D eigenvalue weighted by molar-refractivity contribution is 6.22. The molecule has 0 aliphatic rings. The van der Waals surface area contributed by atoms with E-state index in [2.05, 4.69) is 104 Å². The maximum atomic E-state index is 5.09. The quantitative estimate of drug-likeness (QED) is 0.311. The molecule has 0 bridgehead atoms. The summed E-state index contributed by atoms with van der Waals surface area (Å²) in [6, 6.07) is 35.9. The molecule has 0 N–H and O–H groups in total. The van der Waals surface area contributed by atoms with Crippen LogP contribution < -0.4 is 0 Å². The third-order valence-corrected chi connectivity index (χ3v) is 6.11. The number of benzene rings is 5. The van der Waals surface area contributed by atoms with Crippen LogP contribution in [0.15, 0.2) is 103 Å². The predicted molar refractivity (Wildman–Crippen MR) is 127 cm³/mol. The topological polar surface area (TPSA) is 30.7 Å². The van der Waals surface area contributed by atoms with Gasteiger partial charge in [0, 0.05) is 10.8 Å². The van der Waals surface area contributed by atoms with Gasteiger partial charge in [-0.05, 0) is 34.4 Å². The van der Waals surface area contributed by atoms with Crippen molar-refractivity contribution in [3.05, 3.63) is 120 Å². The van der Waals surface area contributed by atoms with Crippen molar-refractivity contribution in [2.24, 2.45) is 0 Å². The first kappa shape index (κ1) is 17.8. The Morgan fingerprint density at radius 3 is 1.61 bits per heavy atom. The largest absolute Gasteiger partial charge is 0.171 e. The van der Waals surface area contributed by atoms with Crippen LogP contribution in [0.3, 0.4) is 0 Å². The van der Waals surface area contributed by atoms with E-state index in [1.54, 1.807) is 0 Å². The molecular weight excluding hydrogens is 378 g/mol. The van der Waals surface area contributed by atoms with E-state index in [1.807, 2.05) is 10.9 Å². The van der Waals surface area contributed by atoms with Gasteiger partial charge in [-0.3, -0.25) is 0 Å². The Kier molecular flexibility index (Phi) is 4.07. The lowest BCUT2D eigenvalue weighted by atomic mass is 9.95. The van der Waals surface area contributed by atoms with Crippen LogP contribution in [0.5, 0.6) is 0 Å². The van der Waals surface area contributed by atoms with Crippen molar-refractivity contribution >= 4 is 32.6 Å². The van der Waals surface area contributed by atoms with Gasteiger partial charge in [0.05, 0.1) is 0 Å². The van der Waals surface area contributed by atoms with Crippen LogP contribution >= 0.6 is 0 Å². The van der Waals surface area contributed by atoms with Crippen molar-refractivity contribution < 1.29 is 0 Å². The highest BCUT2D eigenvalue weighted by Crippen LogP contribution is 2.35. The first-order chi connectivity index (χ1) is 15.3. The third-order valence-electron chi connectivity index (χ3n) is 6.11. The van der Waals surface area contributed by atoms with Crippen LogP contribution in [0, 0.1) is 6.92 Å². The summed E-state index contributed by atoms with van der Waals surface area (Å²) in [6.45, 7) is 2.15. The second-order valence-electron chi connectivity index (χ2n) is 7.98. The SMILES string of the molecule is Cc1ccccc1C(c1ccccc1)n1nc2c3ccccc3c3ccccc3c2n1. The summed E-state index contributed by atoms with van der Waals surface area (Å²) in [6.07, 6.45) is 0. The zero-order chi connectivity index (χ0) is 20.8. The average molecular weight is 399 g/mol. The predicted octanol–water partition coefficient (Wildman–Crippen LogP) is 6.68. The first-order valence-corrected chi connectivity index (χ1v) is 10.6. The molecule has 0 aliphatic heterocycles. The third kappa shape index (κ3) is 2.82. The van der Waals surface area contributed by atoms with Gasteiger partial charge in [0.2, 0.25) is 0 Å². The van der Waals surface area contributed by atoms with Gasteiger partial charge in [0.1, 0.15) is 17.1 Å². The van der Waals surface area contributed by atoms with E-state index in [1.165, 1.54) is 27.5 Å². The number of aryl methyl sites for hydroxylation is 1. The Balaban J connectivity index is 1.71. The Hall–Kier alpha value is -3.98. The van der Waals surface area contributed by atoms with Gasteiger partial charge in [-0.1, -0.05) is 103 Å². The van der Waals surface area contributed by atoms with Crippen LogP contribution in [0.1, 0.15) is 22.7 Å². The molecule has 0 spiro atoms. The fraction of sp³-hybridized carbons (Fsp3) is 0.0714. The minimum Gasteiger partial charge on any atom is -0.171 e. The number of rotatable bonds is 3. The minimum atomic E-state index is -0.0904. The molecule has 0 saturated carbocycles. The van der Waals surface area contributed by atoms with Crippen molar-refractivity contribution in [2.75, 3.05) is 0 Å². The van der Waals surface area contributed by atoms with Crippen molar-refractivity contribution in [3.8, 4) is 0 Å². The second kappa shape index (κ2) is 7.06. The molecule has 1 unspecified atom stereocenters. The standard InChI is InChI=1S/C28H21N3/c1-19-11-5-6-14-21(19)28(20-12-3-2-4-13-20)31-29-26-24-17-9-7-15-22(24)23-16-8-10-18-25(23)27(26)30-31/h2-18,28H,1H3. The summed E-state index contributed by atoms with van der Waals surface area (Å²) in [5.74, 6) is 0. The van der Waals surface area contributed by atoms with E-state index in [4.69, 9.17) is 10.2 Å². The molecule has 0 amide bonds. The normalized spacial score (nSPS) is 12.5. The maximum Gasteiger partial charge on any atom is 0.122 e. The molecule has 6 aromatic rings. The monoisotopic (exact) mass is 399 g/mol. The maximum absolute atomic E-state index is 5.09. The van der Waals surface area contributed by atoms with Gasteiger partial charge in [0.15, 0.2) is 0 Å². The van der Waals surface area contributed by atoms with Crippen molar-refractivity contribution in [1.29, 1.82) is 0 Å². The molecule has 148 valence electrons. The van der Waals surface area contributed by atoms with Crippen LogP contribution in [0.4, 0.5) is 0 Å². The Bertz CT molecular complexity index is 1470. The van der Waals surface area contributed by atoms with Crippen LogP contribution in [-0.4, -0.2) is 15.0 Å². The molecule has 0 fully saturated rings. The Morgan fingerprint density at radius 1 is 0.548 bits per heavy atom. The minimum absolute atomic E-state index is 0.0904. The van der Waals surface area contributed by atoms with Crippen LogP contribution in [0.2, 0.25) is 0 Å². The molecule has 3 nitrogen and oxygen atoms in total. The van der Waals surface area contributed by atoms with Gasteiger partial charge in [0.25, 0.3) is 0 Å². The summed E-state index contributed by atoms with van der Waals surface area (Å²) < 4.78 is 0.